The molecule has 2 atom stereocenters. The fourth-order valence-electron chi connectivity index (χ4n) is 3.29. The van der Waals surface area contributed by atoms with Gasteiger partial charge in [-0.05, 0) is 32.8 Å². The van der Waals surface area contributed by atoms with Crippen LogP contribution in [0.15, 0.2) is 55.0 Å². The van der Waals surface area contributed by atoms with Crippen molar-refractivity contribution in [1.29, 1.82) is 0 Å². The number of carbonyl (C=O) groups is 1. The second-order valence-corrected chi connectivity index (χ2v) is 10.1. The van der Waals surface area contributed by atoms with Gasteiger partial charge < -0.3 is 14.4 Å². The highest BCUT2D eigenvalue weighted by Crippen LogP contribution is 2.24. The number of carbonyl (C=O) groups excluding carboxylic acids is 1. The SMILES string of the molecule is C=CC[C@@H]1CN(S(=O)(=O)C=C)[C@@H](COCc2ccccc2)CN1C(=O)OC(C)(C)C. The lowest BCUT2D eigenvalue weighted by molar-refractivity contribution is -0.0159. The Balaban J connectivity index is 2.21. The number of rotatable bonds is 8. The second kappa shape index (κ2) is 10.2. The number of hydrogen-bond acceptors (Lipinski definition) is 5. The van der Waals surface area contributed by atoms with Crippen LogP contribution in [0.25, 0.3) is 0 Å². The maximum absolute atomic E-state index is 12.8. The number of amides is 1. The average molecular weight is 437 g/mol. The fraction of sp³-hybridized carbons (Fsp3) is 0.500. The summed E-state index contributed by atoms with van der Waals surface area (Å²) < 4.78 is 38.0. The van der Waals surface area contributed by atoms with Crippen molar-refractivity contribution in [3.05, 3.63) is 60.5 Å². The molecule has 30 heavy (non-hydrogen) atoms. The first kappa shape index (κ1) is 24.1. The fourth-order valence-corrected chi connectivity index (χ4v) is 4.41. The molecule has 0 saturated carbocycles. The summed E-state index contributed by atoms with van der Waals surface area (Å²) in [6.45, 7) is 13.4. The van der Waals surface area contributed by atoms with E-state index in [-0.39, 0.29) is 25.7 Å². The van der Waals surface area contributed by atoms with Gasteiger partial charge in [-0.25, -0.2) is 13.2 Å². The van der Waals surface area contributed by atoms with Gasteiger partial charge in [0.1, 0.15) is 5.60 Å². The first-order chi connectivity index (χ1) is 14.1. The molecule has 0 spiro atoms. The van der Waals surface area contributed by atoms with Crippen LogP contribution in [0.2, 0.25) is 0 Å². The number of hydrogen-bond donors (Lipinski definition) is 0. The van der Waals surface area contributed by atoms with Crippen LogP contribution in [0.5, 0.6) is 0 Å². The van der Waals surface area contributed by atoms with Gasteiger partial charge in [-0.2, -0.15) is 4.31 Å². The van der Waals surface area contributed by atoms with Crippen molar-refractivity contribution in [2.45, 2.75) is 51.5 Å². The topological polar surface area (TPSA) is 76.2 Å². The van der Waals surface area contributed by atoms with E-state index in [1.54, 1.807) is 31.7 Å². The highest BCUT2D eigenvalue weighted by atomic mass is 32.2. The highest BCUT2D eigenvalue weighted by Gasteiger charge is 2.41. The lowest BCUT2D eigenvalue weighted by atomic mass is 10.1. The van der Waals surface area contributed by atoms with Crippen LogP contribution < -0.4 is 0 Å². The van der Waals surface area contributed by atoms with Gasteiger partial charge in [0.25, 0.3) is 0 Å². The van der Waals surface area contributed by atoms with Crippen molar-refractivity contribution < 1.29 is 22.7 Å². The van der Waals surface area contributed by atoms with Crippen LogP contribution in [0.1, 0.15) is 32.8 Å². The van der Waals surface area contributed by atoms with Crippen molar-refractivity contribution >= 4 is 16.1 Å². The van der Waals surface area contributed by atoms with Crippen LogP contribution in [0, 0.1) is 0 Å². The quantitative estimate of drug-likeness (QED) is 0.583. The van der Waals surface area contributed by atoms with Gasteiger partial charge in [0.05, 0.1) is 25.3 Å². The van der Waals surface area contributed by atoms with E-state index in [1.807, 2.05) is 30.3 Å². The molecule has 1 aliphatic rings. The molecule has 0 N–H and O–H groups in total. The first-order valence-electron chi connectivity index (χ1n) is 9.94. The molecule has 1 aromatic rings. The Hall–Kier alpha value is -2.16. The van der Waals surface area contributed by atoms with Gasteiger partial charge in [-0.1, -0.05) is 43.0 Å². The van der Waals surface area contributed by atoms with E-state index >= 15 is 0 Å². The van der Waals surface area contributed by atoms with Gasteiger partial charge in [-0.3, -0.25) is 0 Å². The van der Waals surface area contributed by atoms with Crippen molar-refractivity contribution in [2.75, 3.05) is 19.7 Å². The molecule has 7 nitrogen and oxygen atoms in total. The lowest BCUT2D eigenvalue weighted by Gasteiger charge is -2.44. The third-order valence-electron chi connectivity index (χ3n) is 4.67. The molecule has 166 valence electrons. The zero-order valence-corrected chi connectivity index (χ0v) is 18.8. The Labute approximate surface area is 180 Å². The molecule has 8 heteroatoms. The third-order valence-corrected chi connectivity index (χ3v) is 6.19. The lowest BCUT2D eigenvalue weighted by Crippen LogP contribution is -2.62. The highest BCUT2D eigenvalue weighted by molar-refractivity contribution is 7.92. The minimum absolute atomic E-state index is 0.124. The number of nitrogens with zero attached hydrogens (tertiary/aromatic N) is 2. The molecular formula is C22H32N2O5S. The van der Waals surface area contributed by atoms with E-state index in [0.29, 0.717) is 13.0 Å². The maximum atomic E-state index is 12.8. The normalized spacial score (nSPS) is 20.6. The summed E-state index contributed by atoms with van der Waals surface area (Å²) in [5, 5.41) is 0.936. The molecule has 1 heterocycles. The van der Waals surface area contributed by atoms with Crippen LogP contribution in [-0.2, 0) is 26.1 Å². The van der Waals surface area contributed by atoms with Crippen LogP contribution in [0.3, 0.4) is 0 Å². The molecule has 0 aliphatic carbocycles. The van der Waals surface area contributed by atoms with Crippen molar-refractivity contribution in [2.24, 2.45) is 0 Å². The van der Waals surface area contributed by atoms with E-state index in [9.17, 15) is 13.2 Å². The molecule has 2 rings (SSSR count). The Bertz CT molecular complexity index is 833. The Kier molecular flexibility index (Phi) is 8.23. The Morgan fingerprint density at radius 2 is 1.83 bits per heavy atom. The molecule has 0 aromatic heterocycles. The molecule has 1 aliphatic heterocycles. The predicted octanol–water partition coefficient (Wildman–Crippen LogP) is 3.54. The third kappa shape index (κ3) is 6.68. The largest absolute Gasteiger partial charge is 0.444 e. The second-order valence-electron chi connectivity index (χ2n) is 8.25. The van der Waals surface area contributed by atoms with Gasteiger partial charge in [-0.15, -0.1) is 6.58 Å². The molecule has 1 saturated heterocycles. The molecular weight excluding hydrogens is 404 g/mol. The Morgan fingerprint density at radius 1 is 1.17 bits per heavy atom. The average Bonchev–Trinajstić information content (AvgIpc) is 2.68. The van der Waals surface area contributed by atoms with Crippen LogP contribution in [-0.4, -0.2) is 61.1 Å². The number of ether oxygens (including phenoxy) is 2. The summed E-state index contributed by atoms with van der Waals surface area (Å²) in [6.07, 6.45) is 1.64. The summed E-state index contributed by atoms with van der Waals surface area (Å²) >= 11 is 0. The van der Waals surface area contributed by atoms with E-state index in [4.69, 9.17) is 9.47 Å². The molecule has 1 amide bonds. The minimum Gasteiger partial charge on any atom is -0.444 e. The van der Waals surface area contributed by atoms with E-state index in [2.05, 4.69) is 13.2 Å². The van der Waals surface area contributed by atoms with E-state index in [1.165, 1.54) is 4.31 Å². The maximum Gasteiger partial charge on any atom is 0.410 e. The summed E-state index contributed by atoms with van der Waals surface area (Å²) in [7, 11) is -3.70. The van der Waals surface area contributed by atoms with Gasteiger partial charge >= 0.3 is 6.09 Å². The zero-order valence-electron chi connectivity index (χ0n) is 18.0. The zero-order chi connectivity index (χ0) is 22.4. The summed E-state index contributed by atoms with van der Waals surface area (Å²) in [5.41, 5.74) is 0.333. The molecule has 0 radical (unpaired) electrons. The van der Waals surface area contributed by atoms with E-state index < -0.39 is 27.8 Å². The summed E-state index contributed by atoms with van der Waals surface area (Å²) in [6, 6.07) is 8.69. The summed E-state index contributed by atoms with van der Waals surface area (Å²) in [4.78, 5) is 14.4. The smallest absolute Gasteiger partial charge is 0.410 e. The predicted molar refractivity (Wildman–Crippen MR) is 117 cm³/mol. The number of benzene rings is 1. The van der Waals surface area contributed by atoms with Crippen molar-refractivity contribution in [1.82, 2.24) is 9.21 Å². The van der Waals surface area contributed by atoms with Gasteiger partial charge in [0, 0.05) is 18.5 Å². The Morgan fingerprint density at radius 3 is 2.40 bits per heavy atom. The van der Waals surface area contributed by atoms with Crippen LogP contribution >= 0.6 is 0 Å². The molecule has 1 aromatic carbocycles. The van der Waals surface area contributed by atoms with Gasteiger partial charge in [0.2, 0.25) is 10.0 Å². The standard InChI is InChI=1S/C22H32N2O5S/c1-6-11-19-15-24(30(26,27)7-2)20(14-23(19)21(25)29-22(3,4)5)17-28-16-18-12-9-8-10-13-18/h6-10,12-13,19-20H,1-2,11,14-17H2,3-5H3/t19-,20-/m1/s1. The van der Waals surface area contributed by atoms with E-state index in [0.717, 1.165) is 11.0 Å². The van der Waals surface area contributed by atoms with Gasteiger partial charge in [0.15, 0.2) is 0 Å². The molecule has 0 unspecified atom stereocenters. The minimum atomic E-state index is -3.70. The first-order valence-corrected chi connectivity index (χ1v) is 11.4. The molecule has 1 fully saturated rings. The molecule has 0 bridgehead atoms. The number of sulfonamides is 1. The summed E-state index contributed by atoms with van der Waals surface area (Å²) in [5.74, 6) is 0. The monoisotopic (exact) mass is 436 g/mol. The van der Waals surface area contributed by atoms with Crippen molar-refractivity contribution in [3.8, 4) is 0 Å². The van der Waals surface area contributed by atoms with Crippen LogP contribution in [0.4, 0.5) is 4.79 Å². The number of piperazine rings is 1. The van der Waals surface area contributed by atoms with Crippen molar-refractivity contribution in [3.63, 3.8) is 0 Å².